The van der Waals surface area contributed by atoms with Crippen LogP contribution in [0.4, 0.5) is 29.1 Å². The average Bonchev–Trinajstić information content (AvgIpc) is 3.31. The van der Waals surface area contributed by atoms with Crippen LogP contribution in [0.1, 0.15) is 6.42 Å². The molecule has 0 spiro atoms. The number of piperidine rings is 1. The summed E-state index contributed by atoms with van der Waals surface area (Å²) in [6, 6.07) is 5.42. The molecular formula is C26H24F4N6O. The van der Waals surface area contributed by atoms with Gasteiger partial charge in [0, 0.05) is 56.6 Å². The predicted octanol–water partition coefficient (Wildman–Crippen LogP) is 4.46. The molecule has 2 fully saturated rings. The van der Waals surface area contributed by atoms with Gasteiger partial charge in [0.1, 0.15) is 34.6 Å². The number of hydrogen-bond donors (Lipinski definition) is 3. The maximum absolute atomic E-state index is 14.6. The number of halogens is 4. The van der Waals surface area contributed by atoms with Crippen LogP contribution in [0.2, 0.25) is 0 Å². The second-order valence-electron chi connectivity index (χ2n) is 9.23. The number of anilines is 2. The summed E-state index contributed by atoms with van der Waals surface area (Å²) < 4.78 is 63.1. The number of hydrogen-bond acceptors (Lipinski definition) is 6. The number of nitrogens with one attached hydrogen (secondary N) is 3. The largest absolute Gasteiger partial charge is 0.373 e. The van der Waals surface area contributed by atoms with E-state index in [4.69, 9.17) is 4.74 Å². The molecule has 2 aromatic carbocycles. The first-order valence-corrected chi connectivity index (χ1v) is 12.0. The van der Waals surface area contributed by atoms with E-state index in [-0.39, 0.29) is 29.0 Å². The van der Waals surface area contributed by atoms with Crippen molar-refractivity contribution in [1.82, 2.24) is 20.3 Å². The van der Waals surface area contributed by atoms with Crippen LogP contribution in [0.15, 0.2) is 36.5 Å². The molecule has 2 aliphatic heterocycles. The third kappa shape index (κ3) is 4.27. The van der Waals surface area contributed by atoms with E-state index in [1.807, 2.05) is 0 Å². The maximum Gasteiger partial charge on any atom is 0.153 e. The lowest BCUT2D eigenvalue weighted by molar-refractivity contribution is -0.00899. The minimum Gasteiger partial charge on any atom is -0.373 e. The minimum atomic E-state index is -0.802. The smallest absolute Gasteiger partial charge is 0.153 e. The Morgan fingerprint density at radius 1 is 1.05 bits per heavy atom. The summed E-state index contributed by atoms with van der Waals surface area (Å²) in [4.78, 5) is 14.0. The normalized spacial score (nSPS) is 19.8. The van der Waals surface area contributed by atoms with Gasteiger partial charge in [-0.05, 0) is 30.2 Å². The number of benzene rings is 2. The Labute approximate surface area is 209 Å². The molecule has 4 heterocycles. The number of morpholine rings is 1. The summed E-state index contributed by atoms with van der Waals surface area (Å²) >= 11 is 0. The topological polar surface area (TPSA) is 78.1 Å². The van der Waals surface area contributed by atoms with Crippen LogP contribution in [0, 0.1) is 23.3 Å². The highest BCUT2D eigenvalue weighted by Gasteiger charge is 2.35. The highest BCUT2D eigenvalue weighted by Crippen LogP contribution is 2.44. The lowest BCUT2D eigenvalue weighted by Gasteiger charge is -2.43. The van der Waals surface area contributed by atoms with Crippen LogP contribution in [-0.2, 0) is 4.74 Å². The number of aromatic nitrogens is 3. The summed E-state index contributed by atoms with van der Waals surface area (Å²) in [5, 5.41) is 6.53. The summed E-state index contributed by atoms with van der Waals surface area (Å²) in [6.45, 7) is 2.48. The Morgan fingerprint density at radius 3 is 2.62 bits per heavy atom. The molecule has 11 heteroatoms. The Morgan fingerprint density at radius 2 is 1.84 bits per heavy atom. The number of ether oxygens (including phenoxy) is 1. The Kier molecular flexibility index (Phi) is 5.96. The third-order valence-electron chi connectivity index (χ3n) is 6.92. The molecule has 192 valence electrons. The molecule has 3 N–H and O–H groups in total. The van der Waals surface area contributed by atoms with Gasteiger partial charge in [-0.25, -0.2) is 27.5 Å². The number of imidazole rings is 1. The van der Waals surface area contributed by atoms with Crippen LogP contribution < -0.4 is 15.5 Å². The zero-order chi connectivity index (χ0) is 25.7. The fraction of sp³-hybridized carbons (Fsp3) is 0.308. The first-order valence-electron chi connectivity index (χ1n) is 12.0. The van der Waals surface area contributed by atoms with Crippen molar-refractivity contribution in [3.8, 4) is 22.5 Å². The highest BCUT2D eigenvalue weighted by molar-refractivity contribution is 5.96. The monoisotopic (exact) mass is 512 g/mol. The molecule has 0 radical (unpaired) electrons. The van der Waals surface area contributed by atoms with Crippen LogP contribution in [0.5, 0.6) is 0 Å². The van der Waals surface area contributed by atoms with Crippen molar-refractivity contribution in [2.75, 3.05) is 43.5 Å². The molecule has 4 aromatic rings. The Hall–Kier alpha value is -3.70. The predicted molar refractivity (Wildman–Crippen MR) is 133 cm³/mol. The van der Waals surface area contributed by atoms with E-state index in [1.165, 1.54) is 18.2 Å². The van der Waals surface area contributed by atoms with Gasteiger partial charge >= 0.3 is 0 Å². The second-order valence-corrected chi connectivity index (χ2v) is 9.23. The van der Waals surface area contributed by atoms with Crippen LogP contribution >= 0.6 is 0 Å². The molecule has 2 saturated heterocycles. The minimum absolute atomic E-state index is 0.0230. The summed E-state index contributed by atoms with van der Waals surface area (Å²) in [7, 11) is 1.68. The van der Waals surface area contributed by atoms with Gasteiger partial charge in [-0.2, -0.15) is 0 Å². The fourth-order valence-corrected chi connectivity index (χ4v) is 5.30. The molecule has 6 rings (SSSR count). The van der Waals surface area contributed by atoms with E-state index in [2.05, 4.69) is 30.5 Å². The van der Waals surface area contributed by atoms with E-state index in [9.17, 15) is 17.6 Å². The molecular weight excluding hydrogens is 488 g/mol. The van der Waals surface area contributed by atoms with Crippen LogP contribution in [0.3, 0.4) is 0 Å². The van der Waals surface area contributed by atoms with E-state index in [0.29, 0.717) is 47.9 Å². The molecule has 0 saturated carbocycles. The highest BCUT2D eigenvalue weighted by atomic mass is 19.1. The number of rotatable bonds is 4. The van der Waals surface area contributed by atoms with Crippen LogP contribution in [0.25, 0.3) is 33.5 Å². The van der Waals surface area contributed by atoms with Crippen LogP contribution in [-0.4, -0.2) is 60.4 Å². The average molecular weight is 513 g/mol. The van der Waals surface area contributed by atoms with Crippen molar-refractivity contribution in [1.29, 1.82) is 0 Å². The van der Waals surface area contributed by atoms with Crippen molar-refractivity contribution < 1.29 is 22.3 Å². The van der Waals surface area contributed by atoms with E-state index >= 15 is 0 Å². The number of fused-ring (bicyclic) bond motifs is 2. The van der Waals surface area contributed by atoms with E-state index in [0.717, 1.165) is 25.1 Å². The lowest BCUT2D eigenvalue weighted by Crippen LogP contribution is -2.58. The number of nitrogens with zero attached hydrogens (tertiary/aromatic N) is 3. The molecule has 0 bridgehead atoms. The third-order valence-corrected chi connectivity index (χ3v) is 6.92. The SMILES string of the molecule is CNc1ncc(-c2cc(F)cc(F)c2)c(N2CCC3NCCOC3C2)c1-c1nc2c(F)cc(F)cc2[nH]1. The van der Waals surface area contributed by atoms with Gasteiger partial charge in [0.2, 0.25) is 0 Å². The van der Waals surface area contributed by atoms with Gasteiger partial charge in [0.15, 0.2) is 5.82 Å². The maximum atomic E-state index is 14.6. The molecule has 2 aromatic heterocycles. The quantitative estimate of drug-likeness (QED) is 0.351. The molecule has 2 atom stereocenters. The zero-order valence-corrected chi connectivity index (χ0v) is 19.9. The summed E-state index contributed by atoms with van der Waals surface area (Å²) in [5.74, 6) is -2.32. The lowest BCUT2D eigenvalue weighted by atomic mass is 9.95. The number of aromatic amines is 1. The number of H-pyrrole nitrogens is 1. The van der Waals surface area contributed by atoms with Crippen molar-refractivity contribution in [3.63, 3.8) is 0 Å². The van der Waals surface area contributed by atoms with Gasteiger partial charge < -0.3 is 25.3 Å². The first kappa shape index (κ1) is 23.7. The van der Waals surface area contributed by atoms with Gasteiger partial charge in [-0.3, -0.25) is 0 Å². The summed E-state index contributed by atoms with van der Waals surface area (Å²) in [5.41, 5.74) is 2.01. The molecule has 2 unspecified atom stereocenters. The van der Waals surface area contributed by atoms with Gasteiger partial charge in [-0.15, -0.1) is 0 Å². The Bertz CT molecular complexity index is 1470. The second kappa shape index (κ2) is 9.31. The molecule has 7 nitrogen and oxygen atoms in total. The van der Waals surface area contributed by atoms with Gasteiger partial charge in [-0.1, -0.05) is 0 Å². The van der Waals surface area contributed by atoms with Crippen molar-refractivity contribution >= 4 is 22.5 Å². The van der Waals surface area contributed by atoms with Crippen molar-refractivity contribution in [2.45, 2.75) is 18.6 Å². The first-order chi connectivity index (χ1) is 17.9. The Balaban J connectivity index is 1.59. The molecule has 0 amide bonds. The standard InChI is InChI=1S/C26H24F4N6O/c1-31-25-22(26-34-20-10-16(29)9-18(30)23(20)35-26)24(36-4-2-19-21(12-36)37-5-3-32-19)17(11-33-25)13-6-14(27)8-15(28)7-13/h6-11,19,21,32H,2-5,12H2,1H3,(H,31,33)(H,34,35). The van der Waals surface area contributed by atoms with Crippen molar-refractivity contribution in [3.05, 3.63) is 59.8 Å². The summed E-state index contributed by atoms with van der Waals surface area (Å²) in [6.07, 6.45) is 2.23. The molecule has 2 aliphatic rings. The van der Waals surface area contributed by atoms with Gasteiger partial charge in [0.25, 0.3) is 0 Å². The zero-order valence-electron chi connectivity index (χ0n) is 19.9. The van der Waals surface area contributed by atoms with Crippen molar-refractivity contribution in [2.24, 2.45) is 0 Å². The van der Waals surface area contributed by atoms with E-state index in [1.54, 1.807) is 13.2 Å². The van der Waals surface area contributed by atoms with E-state index < -0.39 is 23.3 Å². The number of pyridine rings is 1. The fourth-order valence-electron chi connectivity index (χ4n) is 5.30. The molecule has 37 heavy (non-hydrogen) atoms. The van der Waals surface area contributed by atoms with Gasteiger partial charge in [0.05, 0.1) is 29.5 Å². The molecule has 0 aliphatic carbocycles.